The highest BCUT2D eigenvalue weighted by Gasteiger charge is 2.24. The first-order chi connectivity index (χ1) is 16.9. The van der Waals surface area contributed by atoms with Crippen LogP contribution in [0.15, 0.2) is 89.5 Å². The molecule has 4 aromatic rings. The van der Waals surface area contributed by atoms with Crippen LogP contribution in [0, 0.1) is 0 Å². The number of nitrogens with one attached hydrogen (secondary N) is 1. The fourth-order valence-electron chi connectivity index (χ4n) is 3.74. The van der Waals surface area contributed by atoms with E-state index in [1.54, 1.807) is 24.3 Å². The van der Waals surface area contributed by atoms with Crippen LogP contribution < -0.4 is 5.32 Å². The number of rotatable bonds is 9. The van der Waals surface area contributed by atoms with Crippen molar-refractivity contribution in [1.82, 2.24) is 10.5 Å². The maximum atomic E-state index is 12.9. The van der Waals surface area contributed by atoms with Crippen LogP contribution in [-0.4, -0.2) is 39.4 Å². The van der Waals surface area contributed by atoms with Crippen LogP contribution in [0.25, 0.3) is 22.5 Å². The highest BCUT2D eigenvalue weighted by atomic mass is 35.5. The topological polar surface area (TPSA) is 113 Å². The predicted molar refractivity (Wildman–Crippen MR) is 132 cm³/mol. The summed E-state index contributed by atoms with van der Waals surface area (Å²) in [4.78, 5) is 24.1. The van der Waals surface area contributed by atoms with Gasteiger partial charge in [-0.25, -0.2) is 4.79 Å². The van der Waals surface area contributed by atoms with E-state index in [1.165, 1.54) is 6.07 Å². The minimum absolute atomic E-state index is 0.0224. The van der Waals surface area contributed by atoms with Crippen molar-refractivity contribution in [3.63, 3.8) is 0 Å². The Morgan fingerprint density at radius 2 is 1.60 bits per heavy atom. The molecule has 3 N–H and O–H groups in total. The average molecular weight is 491 g/mol. The van der Waals surface area contributed by atoms with Gasteiger partial charge in [0.1, 0.15) is 0 Å². The lowest BCUT2D eigenvalue weighted by Crippen LogP contribution is -2.40. The number of hydrogen-bond acceptors (Lipinski definition) is 5. The van der Waals surface area contributed by atoms with Crippen molar-refractivity contribution >= 4 is 23.5 Å². The molecule has 2 atom stereocenters. The molecule has 0 fully saturated rings. The summed E-state index contributed by atoms with van der Waals surface area (Å²) < 4.78 is 5.29. The van der Waals surface area contributed by atoms with Gasteiger partial charge in [0, 0.05) is 24.1 Å². The van der Waals surface area contributed by atoms with E-state index in [1.807, 2.05) is 54.6 Å². The number of aliphatic hydroxyl groups excluding tert-OH is 1. The fraction of sp³-hybridized carbons (Fsp3) is 0.148. The average Bonchev–Trinajstić information content (AvgIpc) is 3.35. The Morgan fingerprint density at radius 3 is 2.29 bits per heavy atom. The van der Waals surface area contributed by atoms with Gasteiger partial charge in [-0.3, -0.25) is 4.79 Å². The number of aliphatic carboxylic acids is 1. The zero-order valence-electron chi connectivity index (χ0n) is 18.6. The number of amides is 1. The Labute approximate surface area is 207 Å². The Morgan fingerprint density at radius 1 is 0.943 bits per heavy atom. The number of nitrogens with zero attached hydrogens (tertiary/aromatic N) is 1. The van der Waals surface area contributed by atoms with Crippen LogP contribution in [0.3, 0.4) is 0 Å². The highest BCUT2D eigenvalue weighted by Crippen LogP contribution is 2.28. The summed E-state index contributed by atoms with van der Waals surface area (Å²) in [6.45, 7) is 0. The van der Waals surface area contributed by atoms with Gasteiger partial charge in [-0.05, 0) is 35.2 Å². The van der Waals surface area contributed by atoms with Crippen LogP contribution in [0.4, 0.5) is 0 Å². The maximum Gasteiger partial charge on any atom is 0.332 e. The summed E-state index contributed by atoms with van der Waals surface area (Å²) in [6, 6.07) is 25.5. The largest absolute Gasteiger partial charge is 0.479 e. The summed E-state index contributed by atoms with van der Waals surface area (Å²) in [5, 5.41) is 26.2. The van der Waals surface area contributed by atoms with Gasteiger partial charge >= 0.3 is 5.97 Å². The van der Waals surface area contributed by atoms with Crippen LogP contribution in [-0.2, 0) is 11.2 Å². The van der Waals surface area contributed by atoms with Gasteiger partial charge in [0.25, 0.3) is 5.91 Å². The molecule has 0 spiro atoms. The monoisotopic (exact) mass is 490 g/mol. The van der Waals surface area contributed by atoms with Gasteiger partial charge < -0.3 is 20.1 Å². The van der Waals surface area contributed by atoms with Crippen molar-refractivity contribution < 1.29 is 24.3 Å². The number of carbonyl (C=O) groups is 2. The molecule has 0 aliphatic rings. The van der Waals surface area contributed by atoms with Crippen molar-refractivity contribution in [3.8, 4) is 22.5 Å². The Kier molecular flexibility index (Phi) is 7.60. The van der Waals surface area contributed by atoms with E-state index in [9.17, 15) is 14.7 Å². The number of carboxylic acid groups (broad SMARTS) is 1. The van der Waals surface area contributed by atoms with E-state index in [-0.39, 0.29) is 12.1 Å². The highest BCUT2D eigenvalue weighted by molar-refractivity contribution is 6.33. The lowest BCUT2D eigenvalue weighted by Gasteiger charge is -2.20. The molecule has 1 heterocycles. The van der Waals surface area contributed by atoms with E-state index in [2.05, 4.69) is 10.5 Å². The van der Waals surface area contributed by atoms with Crippen molar-refractivity contribution in [2.75, 3.05) is 0 Å². The first kappa shape index (κ1) is 24.2. The fourth-order valence-corrected chi connectivity index (χ4v) is 3.97. The number of hydrogen-bond donors (Lipinski definition) is 3. The second-order valence-corrected chi connectivity index (χ2v) is 8.49. The second kappa shape index (κ2) is 11.0. The van der Waals surface area contributed by atoms with Gasteiger partial charge in [0.2, 0.25) is 0 Å². The van der Waals surface area contributed by atoms with Crippen molar-refractivity contribution in [3.05, 3.63) is 101 Å². The molecule has 1 unspecified atom stereocenters. The number of carbonyl (C=O) groups excluding carboxylic acids is 1. The minimum atomic E-state index is -1.63. The molecular formula is C27H23ClN2O5. The number of aromatic nitrogens is 1. The maximum absolute atomic E-state index is 12.9. The summed E-state index contributed by atoms with van der Waals surface area (Å²) in [5.41, 5.74) is 3.61. The van der Waals surface area contributed by atoms with E-state index in [4.69, 9.17) is 21.2 Å². The number of benzene rings is 3. The molecule has 0 bridgehead atoms. The number of aliphatic hydroxyl groups is 1. The molecule has 0 radical (unpaired) electrons. The zero-order chi connectivity index (χ0) is 24.8. The van der Waals surface area contributed by atoms with E-state index >= 15 is 0 Å². The molecule has 3 aromatic carbocycles. The molecule has 0 aliphatic carbocycles. The van der Waals surface area contributed by atoms with E-state index < -0.39 is 24.0 Å². The van der Waals surface area contributed by atoms with Gasteiger partial charge in [-0.15, -0.1) is 0 Å². The van der Waals surface area contributed by atoms with Crippen molar-refractivity contribution in [2.45, 2.75) is 25.0 Å². The lowest BCUT2D eigenvalue weighted by atomic mass is 9.97. The van der Waals surface area contributed by atoms with Gasteiger partial charge in [-0.1, -0.05) is 83.5 Å². The molecule has 8 heteroatoms. The van der Waals surface area contributed by atoms with Crippen LogP contribution >= 0.6 is 11.6 Å². The van der Waals surface area contributed by atoms with Crippen LogP contribution in [0.5, 0.6) is 0 Å². The Hall–Kier alpha value is -3.94. The quantitative estimate of drug-likeness (QED) is 0.309. The summed E-state index contributed by atoms with van der Waals surface area (Å²) in [6.07, 6.45) is -1.48. The molecular weight excluding hydrogens is 468 g/mol. The molecule has 1 amide bonds. The molecule has 1 aromatic heterocycles. The van der Waals surface area contributed by atoms with Crippen LogP contribution in [0.2, 0.25) is 5.02 Å². The summed E-state index contributed by atoms with van der Waals surface area (Å²) in [7, 11) is 0. The Balaban J connectivity index is 1.49. The summed E-state index contributed by atoms with van der Waals surface area (Å²) in [5.74, 6) is -1.57. The Bertz CT molecular complexity index is 1300. The third-order valence-electron chi connectivity index (χ3n) is 5.55. The van der Waals surface area contributed by atoms with Crippen molar-refractivity contribution in [2.24, 2.45) is 0 Å². The van der Waals surface area contributed by atoms with Crippen LogP contribution in [0.1, 0.15) is 22.5 Å². The molecule has 0 aliphatic heterocycles. The normalized spacial score (nSPS) is 12.6. The lowest BCUT2D eigenvalue weighted by molar-refractivity contribution is -0.147. The smallest absolute Gasteiger partial charge is 0.332 e. The minimum Gasteiger partial charge on any atom is -0.479 e. The molecule has 0 saturated carbocycles. The third kappa shape index (κ3) is 6.15. The molecule has 178 valence electrons. The van der Waals surface area contributed by atoms with Gasteiger partial charge in [-0.2, -0.15) is 0 Å². The molecule has 7 nitrogen and oxygen atoms in total. The number of halogens is 1. The van der Waals surface area contributed by atoms with E-state index in [0.29, 0.717) is 22.8 Å². The molecule has 0 saturated heterocycles. The predicted octanol–water partition coefficient (Wildman–Crippen LogP) is 4.84. The second-order valence-electron chi connectivity index (χ2n) is 8.08. The summed E-state index contributed by atoms with van der Waals surface area (Å²) >= 11 is 6.19. The standard InChI is InChI=1S/C27H23ClN2O5/c28-22-9-5-4-8-21(22)25-16-23(30-35-25)26(32)29-20(15-24(31)27(33)34)14-17-10-12-19(13-11-17)18-6-2-1-3-7-18/h1-13,16,20,24,31H,14-15H2,(H,29,32)(H,33,34)/t20?,24-/m1/s1. The van der Waals surface area contributed by atoms with Gasteiger partial charge in [0.15, 0.2) is 17.6 Å². The SMILES string of the molecule is O=C(NC(Cc1ccc(-c2ccccc2)cc1)C[C@@H](O)C(=O)O)c1cc(-c2ccccc2Cl)on1. The van der Waals surface area contributed by atoms with Gasteiger partial charge in [0.05, 0.1) is 5.02 Å². The molecule has 35 heavy (non-hydrogen) atoms. The zero-order valence-corrected chi connectivity index (χ0v) is 19.4. The number of carboxylic acids is 1. The third-order valence-corrected chi connectivity index (χ3v) is 5.88. The first-order valence-electron chi connectivity index (χ1n) is 11.0. The van der Waals surface area contributed by atoms with E-state index in [0.717, 1.165) is 16.7 Å². The first-order valence-corrected chi connectivity index (χ1v) is 11.4. The van der Waals surface area contributed by atoms with Crippen molar-refractivity contribution in [1.29, 1.82) is 0 Å². The molecule has 4 rings (SSSR count).